The molecule has 1 fully saturated rings. The summed E-state index contributed by atoms with van der Waals surface area (Å²) in [5.74, 6) is 1.18. The summed E-state index contributed by atoms with van der Waals surface area (Å²) >= 11 is 6.18. The van der Waals surface area contributed by atoms with E-state index in [1.165, 1.54) is 24.2 Å². The molecular formula is C17H25ClN4. The van der Waals surface area contributed by atoms with Crippen molar-refractivity contribution in [3.8, 4) is 0 Å². The average molecular weight is 321 g/mol. The number of likely N-dealkylation sites (N-methyl/N-ethyl adjacent to an activating group) is 1. The zero-order chi connectivity index (χ0) is 15.5. The number of aromatic nitrogens is 2. The number of aryl methyl sites for hydroxylation is 1. The number of rotatable bonds is 5. The molecule has 5 heteroatoms. The van der Waals surface area contributed by atoms with Gasteiger partial charge in [0.2, 0.25) is 0 Å². The lowest BCUT2D eigenvalue weighted by Crippen LogP contribution is -2.44. The SMILES string of the molecule is CCCCn1c(CN2CCN(C)CC2)nc2ccc(Cl)cc21. The Morgan fingerprint density at radius 1 is 1.18 bits per heavy atom. The molecule has 0 unspecified atom stereocenters. The number of benzene rings is 1. The van der Waals surface area contributed by atoms with Gasteiger partial charge < -0.3 is 9.47 Å². The first-order valence-corrected chi connectivity index (χ1v) is 8.60. The van der Waals surface area contributed by atoms with E-state index in [1.54, 1.807) is 0 Å². The molecule has 0 atom stereocenters. The molecular weight excluding hydrogens is 296 g/mol. The van der Waals surface area contributed by atoms with Gasteiger partial charge in [-0.3, -0.25) is 4.90 Å². The second-order valence-corrected chi connectivity index (χ2v) is 6.68. The molecule has 0 saturated carbocycles. The van der Waals surface area contributed by atoms with Gasteiger partial charge in [0.25, 0.3) is 0 Å². The third-order valence-corrected chi connectivity index (χ3v) is 4.72. The van der Waals surface area contributed by atoms with Crippen LogP contribution in [0.5, 0.6) is 0 Å². The number of nitrogens with zero attached hydrogens (tertiary/aromatic N) is 4. The van der Waals surface area contributed by atoms with Crippen LogP contribution >= 0.6 is 11.6 Å². The molecule has 0 radical (unpaired) electrons. The highest BCUT2D eigenvalue weighted by atomic mass is 35.5. The third kappa shape index (κ3) is 3.45. The van der Waals surface area contributed by atoms with Crippen molar-refractivity contribution in [2.45, 2.75) is 32.9 Å². The summed E-state index contributed by atoms with van der Waals surface area (Å²) in [6.45, 7) is 8.71. The molecule has 1 aromatic heterocycles. The van der Waals surface area contributed by atoms with Crippen molar-refractivity contribution in [3.63, 3.8) is 0 Å². The third-order valence-electron chi connectivity index (χ3n) is 4.49. The highest BCUT2D eigenvalue weighted by Crippen LogP contribution is 2.22. The predicted molar refractivity (Wildman–Crippen MR) is 92.4 cm³/mol. The highest BCUT2D eigenvalue weighted by Gasteiger charge is 2.18. The van der Waals surface area contributed by atoms with Gasteiger partial charge in [-0.25, -0.2) is 4.98 Å². The molecule has 0 amide bonds. The van der Waals surface area contributed by atoms with Crippen molar-refractivity contribution in [2.24, 2.45) is 0 Å². The Morgan fingerprint density at radius 3 is 2.68 bits per heavy atom. The Hall–Kier alpha value is -1.10. The Labute approximate surface area is 137 Å². The maximum Gasteiger partial charge on any atom is 0.124 e. The smallest absolute Gasteiger partial charge is 0.124 e. The Bertz CT molecular complexity index is 629. The first kappa shape index (κ1) is 15.8. The molecule has 1 saturated heterocycles. The molecule has 0 N–H and O–H groups in total. The zero-order valence-corrected chi connectivity index (χ0v) is 14.3. The van der Waals surface area contributed by atoms with Crippen molar-refractivity contribution < 1.29 is 0 Å². The van der Waals surface area contributed by atoms with Crippen molar-refractivity contribution in [1.82, 2.24) is 19.4 Å². The fourth-order valence-corrected chi connectivity index (χ4v) is 3.20. The van der Waals surface area contributed by atoms with Crippen LogP contribution in [-0.2, 0) is 13.1 Å². The maximum absolute atomic E-state index is 6.18. The van der Waals surface area contributed by atoms with Crippen LogP contribution in [0.4, 0.5) is 0 Å². The molecule has 2 aromatic rings. The summed E-state index contributed by atoms with van der Waals surface area (Å²) in [5.41, 5.74) is 2.23. The van der Waals surface area contributed by atoms with E-state index < -0.39 is 0 Å². The van der Waals surface area contributed by atoms with E-state index in [4.69, 9.17) is 16.6 Å². The van der Waals surface area contributed by atoms with Crippen molar-refractivity contribution in [2.75, 3.05) is 33.2 Å². The molecule has 3 rings (SSSR count). The van der Waals surface area contributed by atoms with E-state index in [1.807, 2.05) is 18.2 Å². The van der Waals surface area contributed by atoms with Gasteiger partial charge >= 0.3 is 0 Å². The minimum absolute atomic E-state index is 0.788. The van der Waals surface area contributed by atoms with Crippen LogP contribution in [0.1, 0.15) is 25.6 Å². The lowest BCUT2D eigenvalue weighted by atomic mass is 10.3. The molecule has 22 heavy (non-hydrogen) atoms. The quantitative estimate of drug-likeness (QED) is 0.845. The van der Waals surface area contributed by atoms with Crippen LogP contribution in [0.25, 0.3) is 11.0 Å². The monoisotopic (exact) mass is 320 g/mol. The Morgan fingerprint density at radius 2 is 1.95 bits per heavy atom. The lowest BCUT2D eigenvalue weighted by Gasteiger charge is -2.32. The Balaban J connectivity index is 1.86. The van der Waals surface area contributed by atoms with E-state index >= 15 is 0 Å². The standard InChI is InChI=1S/C17H25ClN4/c1-3-4-7-22-16-12-14(18)5-6-15(16)19-17(22)13-21-10-8-20(2)9-11-21/h5-6,12H,3-4,7-11,13H2,1-2H3. The second-order valence-electron chi connectivity index (χ2n) is 6.25. The molecule has 1 aliphatic heterocycles. The number of hydrogen-bond donors (Lipinski definition) is 0. The fraction of sp³-hybridized carbons (Fsp3) is 0.588. The average Bonchev–Trinajstić information content (AvgIpc) is 2.84. The zero-order valence-electron chi connectivity index (χ0n) is 13.6. The topological polar surface area (TPSA) is 24.3 Å². The number of imidazole rings is 1. The van der Waals surface area contributed by atoms with Gasteiger partial charge in [0.1, 0.15) is 5.82 Å². The van der Waals surface area contributed by atoms with E-state index in [0.717, 1.165) is 49.8 Å². The van der Waals surface area contributed by atoms with Gasteiger partial charge in [0.05, 0.1) is 17.6 Å². The maximum atomic E-state index is 6.18. The van der Waals surface area contributed by atoms with Crippen LogP contribution in [0.3, 0.4) is 0 Å². The normalized spacial score (nSPS) is 17.4. The van der Waals surface area contributed by atoms with Gasteiger partial charge in [0.15, 0.2) is 0 Å². The number of fused-ring (bicyclic) bond motifs is 1. The van der Waals surface area contributed by atoms with Crippen LogP contribution in [0, 0.1) is 0 Å². The number of piperazine rings is 1. The van der Waals surface area contributed by atoms with Crippen LogP contribution in [-0.4, -0.2) is 52.6 Å². The van der Waals surface area contributed by atoms with Crippen molar-refractivity contribution >= 4 is 22.6 Å². The van der Waals surface area contributed by atoms with Gasteiger partial charge in [-0.2, -0.15) is 0 Å². The first-order chi connectivity index (χ1) is 10.7. The minimum Gasteiger partial charge on any atom is -0.327 e. The first-order valence-electron chi connectivity index (χ1n) is 8.23. The predicted octanol–water partition coefficient (Wildman–Crippen LogP) is 3.24. The molecule has 0 bridgehead atoms. The van der Waals surface area contributed by atoms with Gasteiger partial charge in [0, 0.05) is 37.7 Å². The van der Waals surface area contributed by atoms with Gasteiger partial charge in [-0.15, -0.1) is 0 Å². The molecule has 4 nitrogen and oxygen atoms in total. The summed E-state index contributed by atoms with van der Waals surface area (Å²) in [7, 11) is 2.19. The van der Waals surface area contributed by atoms with Crippen LogP contribution < -0.4 is 0 Å². The minimum atomic E-state index is 0.788. The summed E-state index contributed by atoms with van der Waals surface area (Å²) in [5, 5.41) is 0.788. The largest absolute Gasteiger partial charge is 0.327 e. The van der Waals surface area contributed by atoms with Crippen LogP contribution in [0.2, 0.25) is 5.02 Å². The summed E-state index contributed by atoms with van der Waals surface area (Å²) < 4.78 is 2.36. The van der Waals surface area contributed by atoms with Gasteiger partial charge in [-0.1, -0.05) is 24.9 Å². The van der Waals surface area contributed by atoms with Crippen molar-refractivity contribution in [1.29, 1.82) is 0 Å². The summed E-state index contributed by atoms with van der Waals surface area (Å²) in [6.07, 6.45) is 2.36. The molecule has 120 valence electrons. The summed E-state index contributed by atoms with van der Waals surface area (Å²) in [4.78, 5) is 9.76. The molecule has 2 heterocycles. The fourth-order valence-electron chi connectivity index (χ4n) is 3.04. The number of hydrogen-bond acceptors (Lipinski definition) is 3. The molecule has 1 aromatic carbocycles. The van der Waals surface area contributed by atoms with E-state index in [0.29, 0.717) is 0 Å². The van der Waals surface area contributed by atoms with E-state index in [9.17, 15) is 0 Å². The van der Waals surface area contributed by atoms with E-state index in [-0.39, 0.29) is 0 Å². The second kappa shape index (κ2) is 6.99. The molecule has 0 aliphatic carbocycles. The summed E-state index contributed by atoms with van der Waals surface area (Å²) in [6, 6.07) is 6.02. The highest BCUT2D eigenvalue weighted by molar-refractivity contribution is 6.31. The van der Waals surface area contributed by atoms with Crippen LogP contribution in [0.15, 0.2) is 18.2 Å². The number of unbranched alkanes of at least 4 members (excludes halogenated alkanes) is 1. The van der Waals surface area contributed by atoms with Gasteiger partial charge in [-0.05, 0) is 31.7 Å². The van der Waals surface area contributed by atoms with E-state index in [2.05, 4.69) is 28.3 Å². The molecule has 0 spiro atoms. The Kier molecular flexibility index (Phi) is 5.01. The number of halogens is 1. The lowest BCUT2D eigenvalue weighted by molar-refractivity contribution is 0.144. The molecule has 1 aliphatic rings. The van der Waals surface area contributed by atoms with Crippen molar-refractivity contribution in [3.05, 3.63) is 29.0 Å².